The molecule has 0 unspecified atom stereocenters. The lowest BCUT2D eigenvalue weighted by Gasteiger charge is -2.23. The Hall–Kier alpha value is -1.87. The maximum absolute atomic E-state index is 4.71. The molecule has 3 heteroatoms. The highest BCUT2D eigenvalue weighted by molar-refractivity contribution is 5.60. The first kappa shape index (κ1) is 15.5. The Morgan fingerprint density at radius 3 is 2.52 bits per heavy atom. The van der Waals surface area contributed by atoms with Crippen LogP contribution in [0.5, 0.6) is 0 Å². The standard InChI is InChI=1S/C18H25N3/c1-4-11-19-14-16-12-15(3)20-18(13-16)21(5-2)17-9-7-6-8-10-17/h6-10,12-13,19H,4-5,11,14H2,1-3H3. The van der Waals surface area contributed by atoms with Crippen LogP contribution in [-0.2, 0) is 6.54 Å². The van der Waals surface area contributed by atoms with E-state index in [2.05, 4.69) is 67.4 Å². The molecule has 1 aromatic heterocycles. The van der Waals surface area contributed by atoms with Crippen LogP contribution >= 0.6 is 0 Å². The molecule has 0 amide bonds. The third kappa shape index (κ3) is 4.30. The number of benzene rings is 1. The molecule has 0 spiro atoms. The number of hydrogen-bond donors (Lipinski definition) is 1. The Labute approximate surface area is 128 Å². The van der Waals surface area contributed by atoms with Gasteiger partial charge in [-0.1, -0.05) is 25.1 Å². The summed E-state index contributed by atoms with van der Waals surface area (Å²) in [6.45, 7) is 9.26. The van der Waals surface area contributed by atoms with Crippen LogP contribution < -0.4 is 10.2 Å². The van der Waals surface area contributed by atoms with Crippen LogP contribution in [0, 0.1) is 6.92 Å². The van der Waals surface area contributed by atoms with Gasteiger partial charge in [-0.05, 0) is 56.6 Å². The van der Waals surface area contributed by atoms with Gasteiger partial charge in [-0.2, -0.15) is 0 Å². The van der Waals surface area contributed by atoms with E-state index in [1.807, 2.05) is 6.07 Å². The number of aryl methyl sites for hydroxylation is 1. The smallest absolute Gasteiger partial charge is 0.133 e. The molecule has 2 rings (SSSR count). The Kier molecular flexibility index (Phi) is 5.76. The van der Waals surface area contributed by atoms with E-state index < -0.39 is 0 Å². The predicted octanol–water partition coefficient (Wildman–Crippen LogP) is 4.05. The van der Waals surface area contributed by atoms with Crippen molar-refractivity contribution in [1.82, 2.24) is 10.3 Å². The normalized spacial score (nSPS) is 10.6. The zero-order valence-electron chi connectivity index (χ0n) is 13.3. The molecule has 0 radical (unpaired) electrons. The highest BCUT2D eigenvalue weighted by Gasteiger charge is 2.10. The lowest BCUT2D eigenvalue weighted by molar-refractivity contribution is 0.674. The lowest BCUT2D eigenvalue weighted by atomic mass is 10.2. The summed E-state index contributed by atoms with van der Waals surface area (Å²) >= 11 is 0. The van der Waals surface area contributed by atoms with Crippen LogP contribution in [0.15, 0.2) is 42.5 Å². The van der Waals surface area contributed by atoms with Gasteiger partial charge in [0.25, 0.3) is 0 Å². The molecule has 1 heterocycles. The number of aromatic nitrogens is 1. The second kappa shape index (κ2) is 7.79. The Balaban J connectivity index is 2.25. The molecule has 0 atom stereocenters. The fraction of sp³-hybridized carbons (Fsp3) is 0.389. The first-order valence-corrected chi connectivity index (χ1v) is 7.75. The maximum Gasteiger partial charge on any atom is 0.133 e. The van der Waals surface area contributed by atoms with Crippen molar-refractivity contribution >= 4 is 11.5 Å². The Morgan fingerprint density at radius 1 is 1.10 bits per heavy atom. The van der Waals surface area contributed by atoms with E-state index in [0.29, 0.717) is 0 Å². The van der Waals surface area contributed by atoms with E-state index in [1.165, 1.54) is 11.3 Å². The van der Waals surface area contributed by atoms with Crippen molar-refractivity contribution in [2.24, 2.45) is 0 Å². The van der Waals surface area contributed by atoms with Crippen LogP contribution in [0.1, 0.15) is 31.5 Å². The molecule has 21 heavy (non-hydrogen) atoms. The third-order valence-corrected chi connectivity index (χ3v) is 3.42. The van der Waals surface area contributed by atoms with E-state index in [-0.39, 0.29) is 0 Å². The largest absolute Gasteiger partial charge is 0.327 e. The van der Waals surface area contributed by atoms with E-state index in [0.717, 1.165) is 37.6 Å². The third-order valence-electron chi connectivity index (χ3n) is 3.42. The second-order valence-corrected chi connectivity index (χ2v) is 5.23. The zero-order chi connectivity index (χ0) is 15.1. The molecule has 0 saturated carbocycles. The molecule has 1 N–H and O–H groups in total. The molecule has 0 saturated heterocycles. The number of anilines is 2. The molecule has 0 aliphatic rings. The minimum Gasteiger partial charge on any atom is -0.327 e. The number of nitrogens with one attached hydrogen (secondary N) is 1. The van der Waals surface area contributed by atoms with Crippen LogP contribution in [-0.4, -0.2) is 18.1 Å². The summed E-state index contributed by atoms with van der Waals surface area (Å²) in [5.41, 5.74) is 3.54. The summed E-state index contributed by atoms with van der Waals surface area (Å²) in [6, 6.07) is 14.8. The van der Waals surface area contributed by atoms with Gasteiger partial charge in [0.2, 0.25) is 0 Å². The molecule has 0 fully saturated rings. The Bertz CT molecular complexity index is 552. The topological polar surface area (TPSA) is 28.2 Å². The minimum atomic E-state index is 0.899. The first-order chi connectivity index (χ1) is 10.2. The number of nitrogens with zero attached hydrogens (tertiary/aromatic N) is 2. The van der Waals surface area contributed by atoms with Gasteiger partial charge in [0.1, 0.15) is 5.82 Å². The quantitative estimate of drug-likeness (QED) is 0.777. The Morgan fingerprint density at radius 2 is 1.86 bits per heavy atom. The van der Waals surface area contributed by atoms with Gasteiger partial charge in [0, 0.05) is 24.5 Å². The average molecular weight is 283 g/mol. The number of para-hydroxylation sites is 1. The number of rotatable bonds is 7. The van der Waals surface area contributed by atoms with Crippen LogP contribution in [0.4, 0.5) is 11.5 Å². The predicted molar refractivity (Wildman–Crippen MR) is 90.1 cm³/mol. The summed E-state index contributed by atoms with van der Waals surface area (Å²) in [5.74, 6) is 1.02. The van der Waals surface area contributed by atoms with Crippen molar-refractivity contribution in [3.63, 3.8) is 0 Å². The second-order valence-electron chi connectivity index (χ2n) is 5.23. The van der Waals surface area contributed by atoms with Crippen molar-refractivity contribution in [2.45, 2.75) is 33.7 Å². The maximum atomic E-state index is 4.71. The van der Waals surface area contributed by atoms with Crippen LogP contribution in [0.25, 0.3) is 0 Å². The SMILES string of the molecule is CCCNCc1cc(C)nc(N(CC)c2ccccc2)c1. The number of pyridine rings is 1. The summed E-state index contributed by atoms with van der Waals surface area (Å²) in [7, 11) is 0. The van der Waals surface area contributed by atoms with E-state index in [1.54, 1.807) is 0 Å². The van der Waals surface area contributed by atoms with Gasteiger partial charge < -0.3 is 10.2 Å². The molecule has 112 valence electrons. The summed E-state index contributed by atoms with van der Waals surface area (Å²) in [4.78, 5) is 6.95. The van der Waals surface area contributed by atoms with Gasteiger partial charge in [-0.3, -0.25) is 0 Å². The van der Waals surface area contributed by atoms with Gasteiger partial charge in [0.05, 0.1) is 0 Å². The highest BCUT2D eigenvalue weighted by Crippen LogP contribution is 2.24. The van der Waals surface area contributed by atoms with Crippen molar-refractivity contribution in [1.29, 1.82) is 0 Å². The molecule has 2 aromatic rings. The molecule has 0 bridgehead atoms. The van der Waals surface area contributed by atoms with Gasteiger partial charge >= 0.3 is 0 Å². The lowest BCUT2D eigenvalue weighted by Crippen LogP contribution is -2.19. The van der Waals surface area contributed by atoms with Crippen molar-refractivity contribution in [2.75, 3.05) is 18.0 Å². The van der Waals surface area contributed by atoms with Gasteiger partial charge in [-0.15, -0.1) is 0 Å². The minimum absolute atomic E-state index is 0.899. The van der Waals surface area contributed by atoms with Crippen LogP contribution in [0.3, 0.4) is 0 Å². The van der Waals surface area contributed by atoms with E-state index in [9.17, 15) is 0 Å². The highest BCUT2D eigenvalue weighted by atomic mass is 15.2. The van der Waals surface area contributed by atoms with E-state index >= 15 is 0 Å². The number of hydrogen-bond acceptors (Lipinski definition) is 3. The zero-order valence-corrected chi connectivity index (χ0v) is 13.3. The van der Waals surface area contributed by atoms with Crippen molar-refractivity contribution < 1.29 is 0 Å². The van der Waals surface area contributed by atoms with Crippen molar-refractivity contribution in [3.8, 4) is 0 Å². The monoisotopic (exact) mass is 283 g/mol. The van der Waals surface area contributed by atoms with Crippen molar-refractivity contribution in [3.05, 3.63) is 53.7 Å². The summed E-state index contributed by atoms with van der Waals surface area (Å²) in [5, 5.41) is 3.46. The molecule has 0 aliphatic carbocycles. The molecule has 0 aliphatic heterocycles. The van der Waals surface area contributed by atoms with Gasteiger partial charge in [0.15, 0.2) is 0 Å². The average Bonchev–Trinajstić information content (AvgIpc) is 2.49. The summed E-state index contributed by atoms with van der Waals surface area (Å²) < 4.78 is 0. The molecular weight excluding hydrogens is 258 g/mol. The molecular formula is C18H25N3. The molecule has 3 nitrogen and oxygen atoms in total. The van der Waals surface area contributed by atoms with E-state index in [4.69, 9.17) is 4.98 Å². The fourth-order valence-corrected chi connectivity index (χ4v) is 2.46. The fourth-order valence-electron chi connectivity index (χ4n) is 2.46. The van der Waals surface area contributed by atoms with Gasteiger partial charge in [-0.25, -0.2) is 4.98 Å². The van der Waals surface area contributed by atoms with Crippen LogP contribution in [0.2, 0.25) is 0 Å². The first-order valence-electron chi connectivity index (χ1n) is 7.75. The summed E-state index contributed by atoms with van der Waals surface area (Å²) in [6.07, 6.45) is 1.15. The molecule has 1 aromatic carbocycles.